The summed E-state index contributed by atoms with van der Waals surface area (Å²) < 4.78 is -0.591. The van der Waals surface area contributed by atoms with Gasteiger partial charge in [-0.05, 0) is 31.4 Å². The molecule has 2 bridgehead atoms. The van der Waals surface area contributed by atoms with Gasteiger partial charge in [-0.2, -0.15) is 0 Å². The van der Waals surface area contributed by atoms with Gasteiger partial charge >= 0.3 is 0 Å². The molecule has 7 nitrogen and oxygen atoms in total. The van der Waals surface area contributed by atoms with Crippen LogP contribution in [-0.2, 0) is 14.4 Å². The van der Waals surface area contributed by atoms with Gasteiger partial charge in [0.05, 0.1) is 23.2 Å². The Morgan fingerprint density at radius 1 is 1.27 bits per heavy atom. The number of thioether (sulfide) groups is 1. The van der Waals surface area contributed by atoms with Gasteiger partial charge in [0, 0.05) is 24.0 Å². The highest BCUT2D eigenvalue weighted by molar-refractivity contribution is 8.02. The van der Waals surface area contributed by atoms with Gasteiger partial charge in [0.15, 0.2) is 0 Å². The minimum absolute atomic E-state index is 0.0323. The fraction of sp³-hybridized carbons (Fsp3) is 0.591. The summed E-state index contributed by atoms with van der Waals surface area (Å²) in [5.41, 5.74) is 0.704. The van der Waals surface area contributed by atoms with E-state index in [1.165, 1.54) is 4.90 Å². The van der Waals surface area contributed by atoms with Crippen molar-refractivity contribution in [3.63, 3.8) is 0 Å². The maximum Gasteiger partial charge on any atom is 0.244 e. The van der Waals surface area contributed by atoms with Crippen LogP contribution in [0.5, 0.6) is 0 Å². The van der Waals surface area contributed by atoms with Crippen molar-refractivity contribution in [3.8, 4) is 0 Å². The number of fused-ring (bicyclic) bond motifs is 1. The zero-order valence-electron chi connectivity index (χ0n) is 17.2. The number of hydrogen-bond donors (Lipinski definition) is 3. The maximum atomic E-state index is 13.4. The number of hydrogen-bond acceptors (Lipinski definition) is 5. The molecule has 3 aliphatic rings. The van der Waals surface area contributed by atoms with Crippen LogP contribution in [0.2, 0.25) is 0 Å². The predicted molar refractivity (Wildman–Crippen MR) is 116 cm³/mol. The molecule has 3 aliphatic heterocycles. The molecule has 0 saturated carbocycles. The third-order valence-corrected chi connectivity index (χ3v) is 8.51. The average Bonchev–Trinajstić information content (AvgIpc) is 3.37. The van der Waals surface area contributed by atoms with E-state index < -0.39 is 22.6 Å². The second-order valence-electron chi connectivity index (χ2n) is 8.31. The Morgan fingerprint density at radius 2 is 2.03 bits per heavy atom. The van der Waals surface area contributed by atoms with Crippen LogP contribution < -0.4 is 10.6 Å². The van der Waals surface area contributed by atoms with Crippen molar-refractivity contribution < 1.29 is 19.5 Å². The number of carbonyl (C=O) groups excluding carboxylic acids is 3. The topological polar surface area (TPSA) is 98.7 Å². The lowest BCUT2D eigenvalue weighted by atomic mass is 9.70. The number of benzene rings is 1. The molecule has 3 heterocycles. The number of aliphatic hydroxyl groups is 1. The zero-order chi connectivity index (χ0) is 21.3. The molecule has 162 valence electrons. The number of likely N-dealkylation sites (tertiary alicyclic amines) is 1. The molecule has 1 aromatic rings. The lowest BCUT2D eigenvalue weighted by Crippen LogP contribution is -2.54. The van der Waals surface area contributed by atoms with Crippen LogP contribution in [0.4, 0.5) is 5.69 Å². The van der Waals surface area contributed by atoms with Crippen LogP contribution in [0.3, 0.4) is 0 Å². The first-order valence-electron chi connectivity index (χ1n) is 10.8. The molecule has 3 amide bonds. The SMILES string of the molecule is CCCCNC(=O)C1N(CCO)C(=O)[C@@H]2[C@H](C(=O)Nc3ccccc3)[C@@H]3CCC12S3. The number of amides is 3. The summed E-state index contributed by atoms with van der Waals surface area (Å²) >= 11 is 1.64. The Morgan fingerprint density at radius 3 is 2.73 bits per heavy atom. The molecule has 0 aromatic heterocycles. The van der Waals surface area contributed by atoms with E-state index in [9.17, 15) is 19.5 Å². The first-order chi connectivity index (χ1) is 14.5. The first-order valence-corrected chi connectivity index (χ1v) is 11.6. The van der Waals surface area contributed by atoms with Crippen LogP contribution in [0.1, 0.15) is 32.6 Å². The van der Waals surface area contributed by atoms with Crippen LogP contribution in [0.15, 0.2) is 30.3 Å². The summed E-state index contributed by atoms with van der Waals surface area (Å²) in [6.45, 7) is 2.53. The Bertz CT molecular complexity index is 820. The molecule has 5 atom stereocenters. The third-order valence-electron chi connectivity index (χ3n) is 6.56. The highest BCUT2D eigenvalue weighted by Gasteiger charge is 2.73. The fourth-order valence-corrected chi connectivity index (χ4v) is 7.55. The zero-order valence-corrected chi connectivity index (χ0v) is 18.0. The van der Waals surface area contributed by atoms with Gasteiger partial charge in [-0.1, -0.05) is 31.5 Å². The number of β-amino-alcohol motifs (C(OH)–C–C–N with tert-alkyl or cyclic N) is 1. The summed E-state index contributed by atoms with van der Waals surface area (Å²) in [5.74, 6) is -1.49. The minimum Gasteiger partial charge on any atom is -0.395 e. The molecule has 4 rings (SSSR count). The second kappa shape index (κ2) is 8.59. The molecule has 1 aromatic carbocycles. The van der Waals surface area contributed by atoms with Crippen molar-refractivity contribution in [3.05, 3.63) is 30.3 Å². The smallest absolute Gasteiger partial charge is 0.244 e. The average molecular weight is 432 g/mol. The van der Waals surface area contributed by atoms with E-state index in [-0.39, 0.29) is 36.1 Å². The quantitative estimate of drug-likeness (QED) is 0.544. The van der Waals surface area contributed by atoms with Gasteiger partial charge in [-0.15, -0.1) is 11.8 Å². The number of rotatable bonds is 8. The standard InChI is InChI=1S/C22H29N3O4S/c1-2-3-11-23-20(28)18-22-10-9-15(30-22)16(17(22)21(29)25(18)12-13-26)19(27)24-14-7-5-4-6-8-14/h4-8,15-18,26H,2-3,9-13H2,1H3,(H,23,28)(H,24,27)/t15-,16+,17-,18?,22?/m0/s1. The van der Waals surface area contributed by atoms with E-state index in [0.717, 1.165) is 25.7 Å². The number of anilines is 1. The largest absolute Gasteiger partial charge is 0.395 e. The van der Waals surface area contributed by atoms with Crippen LogP contribution in [0.25, 0.3) is 0 Å². The normalized spacial score (nSPS) is 31.7. The maximum absolute atomic E-state index is 13.4. The van der Waals surface area contributed by atoms with Crippen molar-refractivity contribution in [2.45, 2.75) is 48.6 Å². The Hall–Kier alpha value is -2.06. The highest BCUT2D eigenvalue weighted by Crippen LogP contribution is 2.66. The summed E-state index contributed by atoms with van der Waals surface area (Å²) in [6.07, 6.45) is 3.39. The van der Waals surface area contributed by atoms with E-state index in [4.69, 9.17) is 0 Å². The van der Waals surface area contributed by atoms with Gasteiger partial charge in [-0.3, -0.25) is 14.4 Å². The Balaban J connectivity index is 1.61. The fourth-order valence-electron chi connectivity index (χ4n) is 5.33. The van der Waals surface area contributed by atoms with Crippen molar-refractivity contribution >= 4 is 35.2 Å². The van der Waals surface area contributed by atoms with Crippen LogP contribution >= 0.6 is 11.8 Å². The molecule has 30 heavy (non-hydrogen) atoms. The van der Waals surface area contributed by atoms with Gasteiger partial charge in [0.25, 0.3) is 0 Å². The Labute approximate surface area is 181 Å². The Kier molecular flexibility index (Phi) is 6.06. The molecule has 0 aliphatic carbocycles. The number of unbranched alkanes of at least 4 members (excludes halogenated alkanes) is 1. The van der Waals surface area contributed by atoms with Gasteiger partial charge in [0.2, 0.25) is 17.7 Å². The van der Waals surface area contributed by atoms with Crippen LogP contribution in [-0.4, -0.2) is 63.5 Å². The van der Waals surface area contributed by atoms with E-state index in [2.05, 4.69) is 17.6 Å². The number of aliphatic hydroxyl groups excluding tert-OH is 1. The number of nitrogens with zero attached hydrogens (tertiary/aromatic N) is 1. The lowest BCUT2D eigenvalue weighted by Gasteiger charge is -2.34. The lowest BCUT2D eigenvalue weighted by molar-refractivity contribution is -0.139. The molecule has 0 radical (unpaired) electrons. The summed E-state index contributed by atoms with van der Waals surface area (Å²) in [5, 5.41) is 15.5. The number of carbonyl (C=O) groups is 3. The minimum atomic E-state index is -0.636. The van der Waals surface area contributed by atoms with Crippen molar-refractivity contribution in [2.24, 2.45) is 11.8 Å². The second-order valence-corrected chi connectivity index (χ2v) is 9.91. The molecule has 3 N–H and O–H groups in total. The van der Waals surface area contributed by atoms with E-state index in [0.29, 0.717) is 12.2 Å². The molecule has 1 spiro atoms. The molecule has 3 saturated heterocycles. The van der Waals surface area contributed by atoms with E-state index >= 15 is 0 Å². The number of nitrogens with one attached hydrogen (secondary N) is 2. The predicted octanol–water partition coefficient (Wildman–Crippen LogP) is 1.62. The molecular formula is C22H29N3O4S. The van der Waals surface area contributed by atoms with Crippen LogP contribution in [0, 0.1) is 11.8 Å². The van der Waals surface area contributed by atoms with Gasteiger partial charge < -0.3 is 20.6 Å². The monoisotopic (exact) mass is 431 g/mol. The third kappa shape index (κ3) is 3.39. The van der Waals surface area contributed by atoms with Gasteiger partial charge in [0.1, 0.15) is 6.04 Å². The summed E-state index contributed by atoms with van der Waals surface area (Å²) in [4.78, 5) is 41.3. The molecule has 2 unspecified atom stereocenters. The molecule has 3 fully saturated rings. The highest BCUT2D eigenvalue weighted by atomic mass is 32.2. The van der Waals surface area contributed by atoms with Gasteiger partial charge in [-0.25, -0.2) is 0 Å². The summed E-state index contributed by atoms with van der Waals surface area (Å²) in [6, 6.07) is 8.61. The number of para-hydroxylation sites is 1. The molecular weight excluding hydrogens is 402 g/mol. The first kappa shape index (κ1) is 21.2. The van der Waals surface area contributed by atoms with E-state index in [1.807, 2.05) is 30.3 Å². The van der Waals surface area contributed by atoms with E-state index in [1.54, 1.807) is 11.8 Å². The molecule has 8 heteroatoms. The van der Waals surface area contributed by atoms with Crippen molar-refractivity contribution in [1.29, 1.82) is 0 Å². The van der Waals surface area contributed by atoms with Crippen molar-refractivity contribution in [1.82, 2.24) is 10.2 Å². The summed E-state index contributed by atoms with van der Waals surface area (Å²) in [7, 11) is 0. The van der Waals surface area contributed by atoms with Crippen molar-refractivity contribution in [2.75, 3.05) is 25.0 Å².